The van der Waals surface area contributed by atoms with Crippen LogP contribution in [0.1, 0.15) is 18.4 Å². The quantitative estimate of drug-likeness (QED) is 0.576. The third-order valence-electron chi connectivity index (χ3n) is 5.16. The van der Waals surface area contributed by atoms with E-state index in [0.717, 1.165) is 41.3 Å². The topological polar surface area (TPSA) is 77.0 Å². The molecule has 0 aliphatic carbocycles. The molecule has 0 amide bonds. The smallest absolute Gasteiger partial charge is 0.242 e. The normalized spacial score (nSPS) is 17.9. The molecule has 3 heterocycles. The number of benzene rings is 1. The van der Waals surface area contributed by atoms with Crippen molar-refractivity contribution < 1.29 is 17.6 Å². The summed E-state index contributed by atoms with van der Waals surface area (Å²) in [5.41, 5.74) is 2.48. The number of sulfonamides is 1. The first-order valence-electron chi connectivity index (χ1n) is 9.78. The molecular weight excluding hydrogens is 422 g/mol. The van der Waals surface area contributed by atoms with Gasteiger partial charge in [0.05, 0.1) is 35.2 Å². The summed E-state index contributed by atoms with van der Waals surface area (Å²) >= 11 is 1.50. The van der Waals surface area contributed by atoms with E-state index in [-0.39, 0.29) is 11.0 Å². The lowest BCUT2D eigenvalue weighted by Crippen LogP contribution is -2.24. The number of thiazole rings is 1. The fraction of sp³-hybridized carbons (Fsp3) is 0.381. The summed E-state index contributed by atoms with van der Waals surface area (Å²) < 4.78 is 39.9. The van der Waals surface area contributed by atoms with Crippen molar-refractivity contribution in [3.05, 3.63) is 52.3 Å². The van der Waals surface area contributed by atoms with Crippen LogP contribution < -0.4 is 4.80 Å². The Labute approximate surface area is 180 Å². The monoisotopic (exact) mass is 447 g/mol. The Hall–Kier alpha value is -2.20. The van der Waals surface area contributed by atoms with Gasteiger partial charge in [0.15, 0.2) is 10.6 Å². The molecule has 1 aromatic carbocycles. The van der Waals surface area contributed by atoms with Gasteiger partial charge in [0.25, 0.3) is 0 Å². The standard InChI is InChI=1S/C21H25N3O4S2/c1-15-8-9-17(30(25,26)23(2)3)12-18(15)22-21-24(13-16-6-4-10-27-16)19(14-29-21)20-7-5-11-28-20/h5,7-9,11-12,14,16H,4,6,10,13H2,1-3H3. The van der Waals surface area contributed by atoms with Crippen molar-refractivity contribution >= 4 is 27.0 Å². The summed E-state index contributed by atoms with van der Waals surface area (Å²) in [4.78, 5) is 5.85. The Morgan fingerprint density at radius 2 is 2.13 bits per heavy atom. The predicted molar refractivity (Wildman–Crippen MR) is 116 cm³/mol. The van der Waals surface area contributed by atoms with Crippen LogP contribution in [0.4, 0.5) is 5.69 Å². The number of ether oxygens (including phenoxy) is 1. The van der Waals surface area contributed by atoms with Crippen LogP contribution in [-0.4, -0.2) is 44.1 Å². The highest BCUT2D eigenvalue weighted by atomic mass is 32.2. The molecule has 1 unspecified atom stereocenters. The average Bonchev–Trinajstić information content (AvgIpc) is 3.46. The summed E-state index contributed by atoms with van der Waals surface area (Å²) in [7, 11) is -0.484. The average molecular weight is 448 g/mol. The number of hydrogen-bond acceptors (Lipinski definition) is 6. The van der Waals surface area contributed by atoms with E-state index in [1.54, 1.807) is 24.5 Å². The number of aryl methyl sites for hydroxylation is 1. The van der Waals surface area contributed by atoms with Crippen molar-refractivity contribution in [2.45, 2.75) is 37.3 Å². The van der Waals surface area contributed by atoms with Gasteiger partial charge in [-0.25, -0.2) is 17.7 Å². The van der Waals surface area contributed by atoms with E-state index in [9.17, 15) is 8.42 Å². The van der Waals surface area contributed by atoms with Gasteiger partial charge in [-0.1, -0.05) is 6.07 Å². The lowest BCUT2D eigenvalue weighted by Gasteiger charge is -2.14. The summed E-state index contributed by atoms with van der Waals surface area (Å²) in [5.74, 6) is 0.770. The highest BCUT2D eigenvalue weighted by molar-refractivity contribution is 7.89. The van der Waals surface area contributed by atoms with Crippen molar-refractivity contribution in [2.24, 2.45) is 4.99 Å². The first-order chi connectivity index (χ1) is 14.4. The molecule has 1 fully saturated rings. The van der Waals surface area contributed by atoms with E-state index in [2.05, 4.69) is 4.57 Å². The molecule has 9 heteroatoms. The molecule has 7 nitrogen and oxygen atoms in total. The number of rotatable bonds is 6. The molecule has 0 radical (unpaired) electrons. The molecule has 1 aliphatic heterocycles. The van der Waals surface area contributed by atoms with Gasteiger partial charge >= 0.3 is 0 Å². The summed E-state index contributed by atoms with van der Waals surface area (Å²) in [6, 6.07) is 8.83. The lowest BCUT2D eigenvalue weighted by molar-refractivity contribution is 0.0967. The Morgan fingerprint density at radius 1 is 1.30 bits per heavy atom. The second kappa shape index (κ2) is 8.50. The van der Waals surface area contributed by atoms with Crippen LogP contribution in [0.3, 0.4) is 0 Å². The Balaban J connectivity index is 1.82. The Kier molecular flexibility index (Phi) is 5.97. The van der Waals surface area contributed by atoms with Gasteiger partial charge in [-0.05, 0) is 49.6 Å². The number of nitrogens with zero attached hydrogens (tertiary/aromatic N) is 3. The fourth-order valence-corrected chi connectivity index (χ4v) is 5.23. The third kappa shape index (κ3) is 4.15. The van der Waals surface area contributed by atoms with Crippen LogP contribution in [0.15, 0.2) is 56.3 Å². The molecule has 0 N–H and O–H groups in total. The SMILES string of the molecule is Cc1ccc(S(=O)(=O)N(C)C)cc1N=c1scc(-c2ccco2)n1CC1CCCO1. The van der Waals surface area contributed by atoms with Crippen LogP contribution in [0.2, 0.25) is 0 Å². The Morgan fingerprint density at radius 3 is 2.80 bits per heavy atom. The van der Waals surface area contributed by atoms with E-state index >= 15 is 0 Å². The van der Waals surface area contributed by atoms with E-state index in [4.69, 9.17) is 14.1 Å². The van der Waals surface area contributed by atoms with Crippen LogP contribution in [-0.2, 0) is 21.3 Å². The molecule has 30 heavy (non-hydrogen) atoms. The van der Waals surface area contributed by atoms with Crippen LogP contribution >= 0.6 is 11.3 Å². The summed E-state index contributed by atoms with van der Waals surface area (Å²) in [6.45, 7) is 3.38. The van der Waals surface area contributed by atoms with Crippen molar-refractivity contribution in [1.29, 1.82) is 0 Å². The van der Waals surface area contributed by atoms with Crippen molar-refractivity contribution in [3.8, 4) is 11.5 Å². The molecule has 1 atom stereocenters. The lowest BCUT2D eigenvalue weighted by atomic mass is 10.2. The van der Waals surface area contributed by atoms with Crippen molar-refractivity contribution in [2.75, 3.05) is 20.7 Å². The van der Waals surface area contributed by atoms with E-state index in [1.165, 1.54) is 29.7 Å². The zero-order valence-electron chi connectivity index (χ0n) is 17.2. The van der Waals surface area contributed by atoms with Crippen molar-refractivity contribution in [3.63, 3.8) is 0 Å². The molecule has 1 aliphatic rings. The largest absolute Gasteiger partial charge is 0.463 e. The van der Waals surface area contributed by atoms with Gasteiger partial charge in [0.2, 0.25) is 10.0 Å². The molecule has 1 saturated heterocycles. The van der Waals surface area contributed by atoms with Gasteiger partial charge in [-0.2, -0.15) is 0 Å². The second-order valence-electron chi connectivity index (χ2n) is 7.47. The predicted octanol–water partition coefficient (Wildman–Crippen LogP) is 3.78. The van der Waals surface area contributed by atoms with Gasteiger partial charge in [0.1, 0.15) is 0 Å². The number of aromatic nitrogens is 1. The molecule has 4 rings (SSSR count). The fourth-order valence-electron chi connectivity index (χ4n) is 3.39. The van der Waals surface area contributed by atoms with E-state index < -0.39 is 10.0 Å². The van der Waals surface area contributed by atoms with E-state index in [1.807, 2.05) is 24.4 Å². The minimum atomic E-state index is -3.53. The second-order valence-corrected chi connectivity index (χ2v) is 10.5. The maximum atomic E-state index is 12.6. The minimum absolute atomic E-state index is 0.133. The minimum Gasteiger partial charge on any atom is -0.463 e. The molecule has 160 valence electrons. The summed E-state index contributed by atoms with van der Waals surface area (Å²) in [6.07, 6.45) is 3.85. The van der Waals surface area contributed by atoms with Gasteiger partial charge in [0, 0.05) is 26.1 Å². The maximum Gasteiger partial charge on any atom is 0.242 e. The number of furan rings is 1. The van der Waals surface area contributed by atoms with Gasteiger partial charge < -0.3 is 13.7 Å². The molecule has 0 saturated carbocycles. The molecule has 0 bridgehead atoms. The first kappa shape index (κ1) is 21.0. The van der Waals surface area contributed by atoms with Crippen LogP contribution in [0.5, 0.6) is 0 Å². The first-order valence-corrected chi connectivity index (χ1v) is 12.1. The highest BCUT2D eigenvalue weighted by Crippen LogP contribution is 2.26. The van der Waals surface area contributed by atoms with Crippen LogP contribution in [0.25, 0.3) is 11.5 Å². The van der Waals surface area contributed by atoms with Crippen molar-refractivity contribution in [1.82, 2.24) is 8.87 Å². The highest BCUT2D eigenvalue weighted by Gasteiger charge is 2.21. The Bertz CT molecular complexity index is 1190. The maximum absolute atomic E-state index is 12.6. The number of hydrogen-bond donors (Lipinski definition) is 0. The molecular formula is C21H25N3O4S2. The molecule has 3 aromatic rings. The third-order valence-corrected chi connectivity index (χ3v) is 7.83. The van der Waals surface area contributed by atoms with Gasteiger partial charge in [-0.15, -0.1) is 11.3 Å². The van der Waals surface area contributed by atoms with Gasteiger partial charge in [-0.3, -0.25) is 0 Å². The summed E-state index contributed by atoms with van der Waals surface area (Å²) in [5, 5.41) is 2.02. The van der Waals surface area contributed by atoms with E-state index in [0.29, 0.717) is 12.2 Å². The molecule has 0 spiro atoms. The zero-order valence-corrected chi connectivity index (χ0v) is 18.9. The zero-order chi connectivity index (χ0) is 21.3. The van der Waals surface area contributed by atoms with Crippen LogP contribution in [0, 0.1) is 6.92 Å². The molecule has 2 aromatic heterocycles.